The van der Waals surface area contributed by atoms with Crippen molar-refractivity contribution in [3.63, 3.8) is 0 Å². The molecule has 0 aliphatic heterocycles. The highest BCUT2D eigenvalue weighted by atomic mass is 16.2. The van der Waals surface area contributed by atoms with E-state index < -0.39 is 0 Å². The zero-order chi connectivity index (χ0) is 15.9. The summed E-state index contributed by atoms with van der Waals surface area (Å²) >= 11 is 0. The van der Waals surface area contributed by atoms with Crippen LogP contribution in [-0.2, 0) is 9.59 Å². The Labute approximate surface area is 132 Å². The van der Waals surface area contributed by atoms with Crippen LogP contribution in [0.2, 0.25) is 0 Å². The molecule has 1 unspecified atom stereocenters. The van der Waals surface area contributed by atoms with Crippen LogP contribution in [0, 0.1) is 0 Å². The van der Waals surface area contributed by atoms with Crippen LogP contribution in [0.5, 0.6) is 0 Å². The van der Waals surface area contributed by atoms with Gasteiger partial charge in [-0.1, -0.05) is 23.8 Å². The summed E-state index contributed by atoms with van der Waals surface area (Å²) in [6.07, 6.45) is 7.25. The first-order chi connectivity index (χ1) is 10.5. The summed E-state index contributed by atoms with van der Waals surface area (Å²) in [5.41, 5.74) is 2.99. The van der Waals surface area contributed by atoms with Gasteiger partial charge in [0, 0.05) is 19.0 Å². The summed E-state index contributed by atoms with van der Waals surface area (Å²) in [5, 5.41) is 5.79. The highest BCUT2D eigenvalue weighted by Crippen LogP contribution is 2.21. The van der Waals surface area contributed by atoms with Gasteiger partial charge in [-0.3, -0.25) is 9.59 Å². The molecule has 0 saturated carbocycles. The van der Waals surface area contributed by atoms with Crippen LogP contribution in [0.15, 0.2) is 35.9 Å². The van der Waals surface area contributed by atoms with E-state index in [1.807, 2.05) is 31.2 Å². The average Bonchev–Trinajstić information content (AvgIpc) is 2.47. The SMILES string of the molecule is CC(=O)Nc1cccc(C(C)NC(=O)CC2=CCCCC2)c1. The van der Waals surface area contributed by atoms with E-state index in [0.29, 0.717) is 6.42 Å². The molecular formula is C18H24N2O2. The van der Waals surface area contributed by atoms with Gasteiger partial charge < -0.3 is 10.6 Å². The van der Waals surface area contributed by atoms with Gasteiger partial charge in [0.2, 0.25) is 11.8 Å². The third kappa shape index (κ3) is 5.02. The minimum absolute atomic E-state index is 0.0607. The predicted octanol–water partition coefficient (Wildman–Crippen LogP) is 3.71. The molecule has 0 bridgehead atoms. The summed E-state index contributed by atoms with van der Waals surface area (Å²) in [6, 6.07) is 7.49. The van der Waals surface area contributed by atoms with Gasteiger partial charge in [0.15, 0.2) is 0 Å². The fourth-order valence-electron chi connectivity index (χ4n) is 2.74. The monoisotopic (exact) mass is 300 g/mol. The third-order valence-electron chi connectivity index (χ3n) is 3.86. The van der Waals surface area contributed by atoms with Crippen LogP contribution in [-0.4, -0.2) is 11.8 Å². The average molecular weight is 300 g/mol. The summed E-state index contributed by atoms with van der Waals surface area (Å²) in [5.74, 6) is -0.0383. The summed E-state index contributed by atoms with van der Waals surface area (Å²) in [4.78, 5) is 23.2. The normalized spacial score (nSPS) is 15.6. The molecule has 0 fully saturated rings. The van der Waals surface area contributed by atoms with E-state index in [-0.39, 0.29) is 17.9 Å². The topological polar surface area (TPSA) is 58.2 Å². The molecule has 4 nitrogen and oxygen atoms in total. The molecule has 1 aliphatic rings. The summed E-state index contributed by atoms with van der Waals surface area (Å²) in [6.45, 7) is 3.44. The minimum Gasteiger partial charge on any atom is -0.349 e. The van der Waals surface area contributed by atoms with Crippen LogP contribution in [0.4, 0.5) is 5.69 Å². The van der Waals surface area contributed by atoms with Crippen LogP contribution >= 0.6 is 0 Å². The fraction of sp³-hybridized carbons (Fsp3) is 0.444. The number of hydrogen-bond donors (Lipinski definition) is 2. The predicted molar refractivity (Wildman–Crippen MR) is 88.5 cm³/mol. The number of benzene rings is 1. The van der Waals surface area contributed by atoms with E-state index in [9.17, 15) is 9.59 Å². The van der Waals surface area contributed by atoms with Crippen molar-refractivity contribution >= 4 is 17.5 Å². The van der Waals surface area contributed by atoms with E-state index in [1.165, 1.54) is 25.3 Å². The standard InChI is InChI=1S/C18H24N2O2/c1-13(16-9-6-10-17(12-16)20-14(2)21)19-18(22)11-15-7-4-3-5-8-15/h6-7,9-10,12-13H,3-5,8,11H2,1-2H3,(H,19,22)(H,20,21). The van der Waals surface area contributed by atoms with Gasteiger partial charge in [-0.15, -0.1) is 0 Å². The first kappa shape index (κ1) is 16.3. The summed E-state index contributed by atoms with van der Waals surface area (Å²) in [7, 11) is 0. The van der Waals surface area contributed by atoms with Gasteiger partial charge in [0.05, 0.1) is 6.04 Å². The molecule has 0 radical (unpaired) electrons. The Morgan fingerprint density at radius 1 is 1.27 bits per heavy atom. The number of hydrogen-bond acceptors (Lipinski definition) is 2. The lowest BCUT2D eigenvalue weighted by molar-refractivity contribution is -0.121. The van der Waals surface area contributed by atoms with E-state index in [1.54, 1.807) is 0 Å². The van der Waals surface area contributed by atoms with Crippen LogP contribution in [0.1, 0.15) is 57.6 Å². The molecule has 118 valence electrons. The molecular weight excluding hydrogens is 276 g/mol. The molecule has 0 spiro atoms. The molecule has 4 heteroatoms. The molecule has 0 aromatic heterocycles. The van der Waals surface area contributed by atoms with Crippen LogP contribution < -0.4 is 10.6 Å². The lowest BCUT2D eigenvalue weighted by Crippen LogP contribution is -2.27. The lowest BCUT2D eigenvalue weighted by atomic mass is 9.97. The van der Waals surface area contributed by atoms with Crippen molar-refractivity contribution in [3.05, 3.63) is 41.5 Å². The second kappa shape index (κ2) is 7.78. The number of amides is 2. The molecule has 22 heavy (non-hydrogen) atoms. The Bertz CT molecular complexity index is 578. The number of nitrogens with one attached hydrogen (secondary N) is 2. The fourth-order valence-corrected chi connectivity index (χ4v) is 2.74. The minimum atomic E-state index is -0.0990. The first-order valence-corrected chi connectivity index (χ1v) is 7.89. The van der Waals surface area contributed by atoms with Gasteiger partial charge in [0.25, 0.3) is 0 Å². The maximum atomic E-state index is 12.1. The third-order valence-corrected chi connectivity index (χ3v) is 3.86. The quantitative estimate of drug-likeness (QED) is 0.814. The second-order valence-electron chi connectivity index (χ2n) is 5.88. The molecule has 2 rings (SSSR count). The number of anilines is 1. The Balaban J connectivity index is 1.93. The van der Waals surface area contributed by atoms with E-state index in [2.05, 4.69) is 16.7 Å². The van der Waals surface area contributed by atoms with Crippen molar-refractivity contribution in [2.75, 3.05) is 5.32 Å². The van der Waals surface area contributed by atoms with Gasteiger partial charge in [-0.2, -0.15) is 0 Å². The molecule has 1 atom stereocenters. The molecule has 0 saturated heterocycles. The van der Waals surface area contributed by atoms with Crippen molar-refractivity contribution < 1.29 is 9.59 Å². The van der Waals surface area contributed by atoms with Crippen molar-refractivity contribution in [2.24, 2.45) is 0 Å². The van der Waals surface area contributed by atoms with Crippen LogP contribution in [0.3, 0.4) is 0 Å². The van der Waals surface area contributed by atoms with Gasteiger partial charge >= 0.3 is 0 Å². The number of carbonyl (C=O) groups is 2. The molecule has 1 aromatic carbocycles. The van der Waals surface area contributed by atoms with Gasteiger partial charge in [-0.05, 0) is 50.3 Å². The largest absolute Gasteiger partial charge is 0.349 e. The molecule has 0 heterocycles. The zero-order valence-corrected chi connectivity index (χ0v) is 13.3. The summed E-state index contributed by atoms with van der Waals surface area (Å²) < 4.78 is 0. The van der Waals surface area contributed by atoms with E-state index >= 15 is 0 Å². The maximum absolute atomic E-state index is 12.1. The molecule has 1 aromatic rings. The number of allylic oxidation sites excluding steroid dienone is 1. The van der Waals surface area contributed by atoms with E-state index in [0.717, 1.165) is 24.1 Å². The molecule has 2 amide bonds. The Morgan fingerprint density at radius 3 is 2.77 bits per heavy atom. The number of rotatable bonds is 5. The van der Waals surface area contributed by atoms with Crippen molar-refractivity contribution in [1.82, 2.24) is 5.32 Å². The zero-order valence-electron chi connectivity index (χ0n) is 13.3. The Kier molecular flexibility index (Phi) is 5.75. The number of carbonyl (C=O) groups excluding carboxylic acids is 2. The molecule has 1 aliphatic carbocycles. The molecule has 2 N–H and O–H groups in total. The highest BCUT2D eigenvalue weighted by Gasteiger charge is 2.13. The lowest BCUT2D eigenvalue weighted by Gasteiger charge is -2.17. The first-order valence-electron chi connectivity index (χ1n) is 7.89. The Hall–Kier alpha value is -2.10. The highest BCUT2D eigenvalue weighted by molar-refractivity contribution is 5.88. The van der Waals surface area contributed by atoms with Crippen molar-refractivity contribution in [1.29, 1.82) is 0 Å². The van der Waals surface area contributed by atoms with Gasteiger partial charge in [0.1, 0.15) is 0 Å². The van der Waals surface area contributed by atoms with Gasteiger partial charge in [-0.25, -0.2) is 0 Å². The smallest absolute Gasteiger partial charge is 0.224 e. The van der Waals surface area contributed by atoms with E-state index in [4.69, 9.17) is 0 Å². The van der Waals surface area contributed by atoms with Crippen LogP contribution in [0.25, 0.3) is 0 Å². The van der Waals surface area contributed by atoms with Crippen molar-refractivity contribution in [2.45, 2.75) is 52.0 Å². The Morgan fingerprint density at radius 2 is 2.09 bits per heavy atom. The maximum Gasteiger partial charge on any atom is 0.224 e. The van der Waals surface area contributed by atoms with Crippen molar-refractivity contribution in [3.8, 4) is 0 Å². The second-order valence-corrected chi connectivity index (χ2v) is 5.88.